The lowest BCUT2D eigenvalue weighted by atomic mass is 9.99. The molecule has 1 atom stereocenters. The first-order valence-electron chi connectivity index (χ1n) is 9.12. The Balaban J connectivity index is 2.05. The number of nitrogens with zero attached hydrogens (tertiary/aromatic N) is 2. The van der Waals surface area contributed by atoms with Crippen molar-refractivity contribution < 1.29 is 14.3 Å². The molecule has 2 amide bonds. The molecule has 0 bridgehead atoms. The molecule has 0 aromatic heterocycles. The fourth-order valence-electron chi connectivity index (χ4n) is 3.21. The zero-order chi connectivity index (χ0) is 18.6. The van der Waals surface area contributed by atoms with Crippen molar-refractivity contribution in [2.45, 2.75) is 47.1 Å². The molecule has 0 saturated carbocycles. The summed E-state index contributed by atoms with van der Waals surface area (Å²) in [5.41, 5.74) is 2.29. The monoisotopic (exact) mass is 346 g/mol. The standard InChI is InChI=1S/C20H30N2O3/c1-6-21-13-19(23)22(17(20(21)24)12-14(2)3)10-11-25-18-9-7-8-15(4)16(18)5/h7-9,14,17H,6,10-13H2,1-5H3/t17-/m0/s1. The lowest BCUT2D eigenvalue weighted by Crippen LogP contribution is -2.60. The molecule has 1 saturated heterocycles. The zero-order valence-electron chi connectivity index (χ0n) is 16.0. The van der Waals surface area contributed by atoms with Crippen LogP contribution in [0.15, 0.2) is 18.2 Å². The molecule has 1 aromatic carbocycles. The Bertz CT molecular complexity index is 627. The van der Waals surface area contributed by atoms with E-state index < -0.39 is 0 Å². The van der Waals surface area contributed by atoms with Crippen molar-refractivity contribution in [2.24, 2.45) is 5.92 Å². The van der Waals surface area contributed by atoms with Crippen LogP contribution in [0.5, 0.6) is 5.75 Å². The predicted molar refractivity (Wildman–Crippen MR) is 98.6 cm³/mol. The maximum absolute atomic E-state index is 12.7. The molecular formula is C20H30N2O3. The highest BCUT2D eigenvalue weighted by atomic mass is 16.5. The van der Waals surface area contributed by atoms with E-state index in [0.29, 0.717) is 32.0 Å². The second-order valence-corrected chi connectivity index (χ2v) is 7.13. The number of ether oxygens (including phenoxy) is 1. The van der Waals surface area contributed by atoms with Gasteiger partial charge in [0.25, 0.3) is 0 Å². The third-order valence-corrected chi connectivity index (χ3v) is 4.84. The molecule has 1 aliphatic heterocycles. The van der Waals surface area contributed by atoms with Crippen molar-refractivity contribution in [3.63, 3.8) is 0 Å². The summed E-state index contributed by atoms with van der Waals surface area (Å²) in [6.07, 6.45) is 0.685. The summed E-state index contributed by atoms with van der Waals surface area (Å²) in [5.74, 6) is 1.26. The summed E-state index contributed by atoms with van der Waals surface area (Å²) in [4.78, 5) is 28.6. The summed E-state index contributed by atoms with van der Waals surface area (Å²) in [5, 5.41) is 0. The summed E-state index contributed by atoms with van der Waals surface area (Å²) in [6, 6.07) is 5.58. The van der Waals surface area contributed by atoms with Gasteiger partial charge in [0.2, 0.25) is 11.8 Å². The van der Waals surface area contributed by atoms with E-state index in [4.69, 9.17) is 4.74 Å². The average Bonchev–Trinajstić information content (AvgIpc) is 2.56. The van der Waals surface area contributed by atoms with Gasteiger partial charge in [0.15, 0.2) is 0 Å². The average molecular weight is 346 g/mol. The van der Waals surface area contributed by atoms with Crippen molar-refractivity contribution in [1.82, 2.24) is 9.80 Å². The maximum atomic E-state index is 12.7. The largest absolute Gasteiger partial charge is 0.491 e. The Hall–Kier alpha value is -2.04. The zero-order valence-corrected chi connectivity index (χ0v) is 16.0. The van der Waals surface area contributed by atoms with Gasteiger partial charge in [-0.1, -0.05) is 26.0 Å². The van der Waals surface area contributed by atoms with Gasteiger partial charge in [-0.3, -0.25) is 9.59 Å². The first-order valence-corrected chi connectivity index (χ1v) is 9.12. The van der Waals surface area contributed by atoms with Crippen LogP contribution in [0.25, 0.3) is 0 Å². The molecule has 2 rings (SSSR count). The summed E-state index contributed by atoms with van der Waals surface area (Å²) < 4.78 is 5.89. The number of hydrogen-bond acceptors (Lipinski definition) is 3. The van der Waals surface area contributed by atoms with E-state index in [-0.39, 0.29) is 24.4 Å². The molecule has 138 valence electrons. The van der Waals surface area contributed by atoms with E-state index in [9.17, 15) is 9.59 Å². The Morgan fingerprint density at radius 1 is 1.24 bits per heavy atom. The number of carbonyl (C=O) groups excluding carboxylic acids is 2. The van der Waals surface area contributed by atoms with E-state index >= 15 is 0 Å². The van der Waals surface area contributed by atoms with Crippen molar-refractivity contribution in [3.05, 3.63) is 29.3 Å². The molecule has 5 heteroatoms. The number of hydrogen-bond donors (Lipinski definition) is 0. The highest BCUT2D eigenvalue weighted by Gasteiger charge is 2.38. The van der Waals surface area contributed by atoms with Crippen LogP contribution in [0.3, 0.4) is 0 Å². The first-order chi connectivity index (χ1) is 11.8. The second-order valence-electron chi connectivity index (χ2n) is 7.13. The normalized spacial score (nSPS) is 18.2. The molecule has 1 fully saturated rings. The minimum atomic E-state index is -0.372. The second kappa shape index (κ2) is 8.37. The van der Waals surface area contributed by atoms with Gasteiger partial charge in [0.1, 0.15) is 18.4 Å². The van der Waals surface area contributed by atoms with Gasteiger partial charge in [-0.25, -0.2) is 0 Å². The van der Waals surface area contributed by atoms with E-state index in [1.54, 1.807) is 9.80 Å². The van der Waals surface area contributed by atoms with Gasteiger partial charge in [0.05, 0.1) is 13.1 Å². The molecule has 0 spiro atoms. The Morgan fingerprint density at radius 2 is 1.96 bits per heavy atom. The van der Waals surface area contributed by atoms with Crippen LogP contribution in [-0.4, -0.2) is 53.9 Å². The highest BCUT2D eigenvalue weighted by Crippen LogP contribution is 2.22. The molecule has 0 unspecified atom stereocenters. The number of carbonyl (C=O) groups is 2. The third kappa shape index (κ3) is 4.53. The van der Waals surface area contributed by atoms with Gasteiger partial charge in [-0.2, -0.15) is 0 Å². The molecule has 1 aromatic rings. The molecule has 0 N–H and O–H groups in total. The van der Waals surface area contributed by atoms with Gasteiger partial charge < -0.3 is 14.5 Å². The maximum Gasteiger partial charge on any atom is 0.245 e. The van der Waals surface area contributed by atoms with Crippen molar-refractivity contribution in [2.75, 3.05) is 26.2 Å². The Kier molecular flexibility index (Phi) is 6.45. The van der Waals surface area contributed by atoms with Crippen molar-refractivity contribution in [1.29, 1.82) is 0 Å². The number of piperazine rings is 1. The molecule has 5 nitrogen and oxygen atoms in total. The molecule has 1 heterocycles. The smallest absolute Gasteiger partial charge is 0.245 e. The summed E-state index contributed by atoms with van der Waals surface area (Å²) in [7, 11) is 0. The van der Waals surface area contributed by atoms with E-state index in [0.717, 1.165) is 11.3 Å². The van der Waals surface area contributed by atoms with E-state index in [1.165, 1.54) is 5.56 Å². The lowest BCUT2D eigenvalue weighted by molar-refractivity contribution is -0.156. The van der Waals surface area contributed by atoms with Gasteiger partial charge >= 0.3 is 0 Å². The molecule has 1 aliphatic rings. The molecule has 0 aliphatic carbocycles. The van der Waals surface area contributed by atoms with Gasteiger partial charge in [-0.05, 0) is 50.3 Å². The van der Waals surface area contributed by atoms with E-state index in [1.807, 2.05) is 39.0 Å². The van der Waals surface area contributed by atoms with Gasteiger partial charge in [-0.15, -0.1) is 0 Å². The summed E-state index contributed by atoms with van der Waals surface area (Å²) >= 11 is 0. The number of amides is 2. The van der Waals surface area contributed by atoms with Gasteiger partial charge in [0, 0.05) is 6.54 Å². The molecule has 25 heavy (non-hydrogen) atoms. The number of aryl methyl sites for hydroxylation is 1. The fraction of sp³-hybridized carbons (Fsp3) is 0.600. The van der Waals surface area contributed by atoms with E-state index in [2.05, 4.69) is 13.8 Å². The Labute approximate surface area is 150 Å². The van der Waals surface area contributed by atoms with Crippen LogP contribution < -0.4 is 4.74 Å². The molecular weight excluding hydrogens is 316 g/mol. The first kappa shape index (κ1) is 19.3. The fourth-order valence-corrected chi connectivity index (χ4v) is 3.21. The van der Waals surface area contributed by atoms with Crippen LogP contribution in [0.1, 0.15) is 38.3 Å². The predicted octanol–water partition coefficient (Wildman–Crippen LogP) is 2.79. The number of rotatable bonds is 7. The van der Waals surface area contributed by atoms with Crippen LogP contribution in [0.2, 0.25) is 0 Å². The topological polar surface area (TPSA) is 49.9 Å². The van der Waals surface area contributed by atoms with Crippen LogP contribution in [-0.2, 0) is 9.59 Å². The minimum absolute atomic E-state index is 0.0108. The lowest BCUT2D eigenvalue weighted by Gasteiger charge is -2.40. The minimum Gasteiger partial charge on any atom is -0.491 e. The van der Waals surface area contributed by atoms with Crippen molar-refractivity contribution >= 4 is 11.8 Å². The third-order valence-electron chi connectivity index (χ3n) is 4.84. The highest BCUT2D eigenvalue weighted by molar-refractivity contribution is 5.94. The molecule has 0 radical (unpaired) electrons. The number of likely N-dealkylation sites (N-methyl/N-ethyl adjacent to an activating group) is 1. The van der Waals surface area contributed by atoms with Crippen LogP contribution in [0, 0.1) is 19.8 Å². The van der Waals surface area contributed by atoms with Crippen LogP contribution in [0.4, 0.5) is 0 Å². The van der Waals surface area contributed by atoms with Crippen LogP contribution >= 0.6 is 0 Å². The Morgan fingerprint density at radius 3 is 2.60 bits per heavy atom. The van der Waals surface area contributed by atoms with Crippen molar-refractivity contribution in [3.8, 4) is 5.75 Å². The summed E-state index contributed by atoms with van der Waals surface area (Å²) in [6.45, 7) is 11.7. The number of benzene rings is 1. The quantitative estimate of drug-likeness (QED) is 0.763. The SMILES string of the molecule is CCN1CC(=O)N(CCOc2cccc(C)c2C)[C@@H](CC(C)C)C1=O.